The number of likely N-dealkylation sites (N-methyl/N-ethyl adjacent to an activating group) is 1. The zero-order chi connectivity index (χ0) is 9.26. The molecule has 0 aromatic heterocycles. The average Bonchev–Trinajstić information content (AvgIpc) is 2.71. The van der Waals surface area contributed by atoms with Crippen LogP contribution in [-0.4, -0.2) is 43.3 Å². The lowest BCUT2D eigenvalue weighted by Gasteiger charge is -2.14. The maximum atomic E-state index is 11.3. The van der Waals surface area contributed by atoms with Crippen LogP contribution in [0.5, 0.6) is 0 Å². The number of ether oxygens (including phenoxy) is 1. The van der Waals surface area contributed by atoms with E-state index in [1.54, 1.807) is 4.90 Å². The Morgan fingerprint density at radius 3 is 3.08 bits per heavy atom. The smallest absolute Gasteiger partial charge is 0.410 e. The van der Waals surface area contributed by atoms with Crippen molar-refractivity contribution >= 4 is 6.09 Å². The second-order valence-electron chi connectivity index (χ2n) is 3.71. The van der Waals surface area contributed by atoms with Crippen molar-refractivity contribution in [1.29, 1.82) is 0 Å². The molecule has 4 heteroatoms. The standard InChI is InChI=1S/C9H16N2O2/c1-2-11-6-8(13-9(11)12)7-3-4-10-5-7/h7-8,10H,2-6H2,1H3. The van der Waals surface area contributed by atoms with Crippen molar-refractivity contribution in [1.82, 2.24) is 10.2 Å². The first-order valence-electron chi connectivity index (χ1n) is 4.97. The Balaban J connectivity index is 1.92. The normalized spacial score (nSPS) is 33.9. The zero-order valence-electron chi connectivity index (χ0n) is 7.95. The third-order valence-corrected chi connectivity index (χ3v) is 2.92. The first-order valence-corrected chi connectivity index (χ1v) is 4.97. The van der Waals surface area contributed by atoms with Crippen molar-refractivity contribution in [3.05, 3.63) is 0 Å². The van der Waals surface area contributed by atoms with Gasteiger partial charge in [-0.15, -0.1) is 0 Å². The molecule has 4 nitrogen and oxygen atoms in total. The number of hydrogen-bond acceptors (Lipinski definition) is 3. The number of hydrogen-bond donors (Lipinski definition) is 1. The van der Waals surface area contributed by atoms with Gasteiger partial charge in [0.25, 0.3) is 0 Å². The van der Waals surface area contributed by atoms with Crippen LogP contribution >= 0.6 is 0 Å². The van der Waals surface area contributed by atoms with Gasteiger partial charge >= 0.3 is 6.09 Å². The maximum absolute atomic E-state index is 11.3. The van der Waals surface area contributed by atoms with Crippen molar-refractivity contribution < 1.29 is 9.53 Å². The van der Waals surface area contributed by atoms with Gasteiger partial charge < -0.3 is 15.0 Å². The number of carbonyl (C=O) groups is 1. The Hall–Kier alpha value is -0.770. The summed E-state index contributed by atoms with van der Waals surface area (Å²) in [6.07, 6.45) is 1.12. The molecule has 2 rings (SSSR count). The lowest BCUT2D eigenvalue weighted by molar-refractivity contribution is 0.108. The third-order valence-electron chi connectivity index (χ3n) is 2.92. The van der Waals surface area contributed by atoms with Gasteiger partial charge in [0.1, 0.15) is 6.10 Å². The molecule has 2 atom stereocenters. The predicted molar refractivity (Wildman–Crippen MR) is 48.5 cm³/mol. The fourth-order valence-corrected chi connectivity index (χ4v) is 2.03. The number of amides is 1. The van der Waals surface area contributed by atoms with E-state index in [1.165, 1.54) is 0 Å². The van der Waals surface area contributed by atoms with Crippen LogP contribution in [0.2, 0.25) is 0 Å². The molecule has 1 amide bonds. The number of rotatable bonds is 2. The summed E-state index contributed by atoms with van der Waals surface area (Å²) in [4.78, 5) is 13.0. The summed E-state index contributed by atoms with van der Waals surface area (Å²) in [5.41, 5.74) is 0. The van der Waals surface area contributed by atoms with Gasteiger partial charge in [0.05, 0.1) is 6.54 Å². The van der Waals surface area contributed by atoms with Crippen molar-refractivity contribution in [2.75, 3.05) is 26.2 Å². The predicted octanol–water partition coefficient (Wildman–Crippen LogP) is 0.437. The molecule has 2 aliphatic heterocycles. The molecule has 2 unspecified atom stereocenters. The van der Waals surface area contributed by atoms with Gasteiger partial charge in [-0.1, -0.05) is 0 Å². The Bertz CT molecular complexity index is 202. The maximum Gasteiger partial charge on any atom is 0.410 e. The minimum absolute atomic E-state index is 0.127. The fraction of sp³-hybridized carbons (Fsp3) is 0.889. The Morgan fingerprint density at radius 2 is 2.54 bits per heavy atom. The topological polar surface area (TPSA) is 41.6 Å². The first kappa shape index (κ1) is 8.81. The summed E-state index contributed by atoms with van der Waals surface area (Å²) in [5, 5.41) is 3.29. The number of nitrogens with one attached hydrogen (secondary N) is 1. The van der Waals surface area contributed by atoms with E-state index in [2.05, 4.69) is 5.32 Å². The van der Waals surface area contributed by atoms with Gasteiger partial charge in [-0.25, -0.2) is 4.79 Å². The van der Waals surface area contributed by atoms with Gasteiger partial charge in [0, 0.05) is 19.0 Å². The first-order chi connectivity index (χ1) is 6.31. The van der Waals surface area contributed by atoms with Crippen LogP contribution in [0.15, 0.2) is 0 Å². The van der Waals surface area contributed by atoms with Crippen LogP contribution in [-0.2, 0) is 4.74 Å². The van der Waals surface area contributed by atoms with Gasteiger partial charge in [0.2, 0.25) is 0 Å². The summed E-state index contributed by atoms with van der Waals surface area (Å²) in [6, 6.07) is 0. The van der Waals surface area contributed by atoms with Crippen molar-refractivity contribution in [3.63, 3.8) is 0 Å². The lowest BCUT2D eigenvalue weighted by Crippen LogP contribution is -2.28. The van der Waals surface area contributed by atoms with E-state index < -0.39 is 0 Å². The number of nitrogens with zero attached hydrogens (tertiary/aromatic N) is 1. The second-order valence-corrected chi connectivity index (χ2v) is 3.71. The molecule has 13 heavy (non-hydrogen) atoms. The van der Waals surface area contributed by atoms with E-state index in [-0.39, 0.29) is 12.2 Å². The molecule has 2 heterocycles. The third kappa shape index (κ3) is 1.63. The number of carbonyl (C=O) groups excluding carboxylic acids is 1. The number of cyclic esters (lactones) is 1. The monoisotopic (exact) mass is 184 g/mol. The van der Waals surface area contributed by atoms with Crippen molar-refractivity contribution in [2.24, 2.45) is 5.92 Å². The van der Waals surface area contributed by atoms with E-state index in [1.807, 2.05) is 6.92 Å². The molecule has 2 fully saturated rings. The molecule has 0 radical (unpaired) electrons. The lowest BCUT2D eigenvalue weighted by atomic mass is 10.0. The molecule has 0 aromatic carbocycles. The molecule has 1 N–H and O–H groups in total. The second kappa shape index (κ2) is 3.54. The fourth-order valence-electron chi connectivity index (χ4n) is 2.03. The van der Waals surface area contributed by atoms with Crippen LogP contribution in [0.3, 0.4) is 0 Å². The van der Waals surface area contributed by atoms with Gasteiger partial charge in [-0.05, 0) is 19.9 Å². The quantitative estimate of drug-likeness (QED) is 0.677. The summed E-state index contributed by atoms with van der Waals surface area (Å²) in [6.45, 7) is 5.58. The highest BCUT2D eigenvalue weighted by Gasteiger charge is 2.36. The van der Waals surface area contributed by atoms with E-state index in [0.29, 0.717) is 5.92 Å². The Labute approximate surface area is 78.2 Å². The molecule has 0 aromatic rings. The minimum Gasteiger partial charge on any atom is -0.444 e. The summed E-state index contributed by atoms with van der Waals surface area (Å²) >= 11 is 0. The van der Waals surface area contributed by atoms with Crippen LogP contribution < -0.4 is 5.32 Å². The van der Waals surface area contributed by atoms with Crippen LogP contribution in [0.4, 0.5) is 4.79 Å². The molecular formula is C9H16N2O2. The van der Waals surface area contributed by atoms with Gasteiger partial charge in [0.15, 0.2) is 0 Å². The Morgan fingerprint density at radius 1 is 1.69 bits per heavy atom. The van der Waals surface area contributed by atoms with E-state index >= 15 is 0 Å². The average molecular weight is 184 g/mol. The van der Waals surface area contributed by atoms with Gasteiger partial charge in [-0.3, -0.25) is 0 Å². The molecule has 0 aliphatic carbocycles. The van der Waals surface area contributed by atoms with Crippen LogP contribution in [0.1, 0.15) is 13.3 Å². The molecule has 0 saturated carbocycles. The molecule has 0 spiro atoms. The van der Waals surface area contributed by atoms with Crippen LogP contribution in [0, 0.1) is 5.92 Å². The highest BCUT2D eigenvalue weighted by Crippen LogP contribution is 2.22. The summed E-state index contributed by atoms with van der Waals surface area (Å²) < 4.78 is 5.30. The highest BCUT2D eigenvalue weighted by atomic mass is 16.6. The van der Waals surface area contributed by atoms with E-state index in [4.69, 9.17) is 4.74 Å². The SMILES string of the molecule is CCN1CC(C2CCNC2)OC1=O. The Kier molecular flexibility index (Phi) is 2.40. The summed E-state index contributed by atoms with van der Waals surface area (Å²) in [5.74, 6) is 0.528. The molecule has 74 valence electrons. The highest BCUT2D eigenvalue weighted by molar-refractivity contribution is 5.69. The zero-order valence-corrected chi connectivity index (χ0v) is 7.95. The van der Waals surface area contributed by atoms with Crippen molar-refractivity contribution in [2.45, 2.75) is 19.4 Å². The van der Waals surface area contributed by atoms with E-state index in [0.717, 1.165) is 32.6 Å². The van der Waals surface area contributed by atoms with Crippen LogP contribution in [0.25, 0.3) is 0 Å². The summed E-state index contributed by atoms with van der Waals surface area (Å²) in [7, 11) is 0. The van der Waals surface area contributed by atoms with E-state index in [9.17, 15) is 4.79 Å². The largest absolute Gasteiger partial charge is 0.444 e. The van der Waals surface area contributed by atoms with Crippen molar-refractivity contribution in [3.8, 4) is 0 Å². The van der Waals surface area contributed by atoms with Gasteiger partial charge in [-0.2, -0.15) is 0 Å². The molecule has 0 bridgehead atoms. The minimum atomic E-state index is -0.139. The molecule has 2 aliphatic rings. The molecular weight excluding hydrogens is 168 g/mol. The molecule has 2 saturated heterocycles.